The van der Waals surface area contributed by atoms with Crippen LogP contribution in [0.5, 0.6) is 0 Å². The fourth-order valence-corrected chi connectivity index (χ4v) is 4.22. The third-order valence-electron chi connectivity index (χ3n) is 4.15. The predicted octanol–water partition coefficient (Wildman–Crippen LogP) is 1.15. The zero-order valence-electron chi connectivity index (χ0n) is 15.8. The van der Waals surface area contributed by atoms with Crippen molar-refractivity contribution in [2.45, 2.75) is 32.7 Å². The van der Waals surface area contributed by atoms with Crippen LogP contribution in [-0.2, 0) is 11.3 Å². The molecule has 0 bridgehead atoms. The number of benzene rings is 1. The van der Waals surface area contributed by atoms with E-state index in [1.165, 1.54) is 10.4 Å². The number of aliphatic carboxylic acids is 1. The molecule has 1 aromatic carbocycles. The van der Waals surface area contributed by atoms with Gasteiger partial charge in [0.05, 0.1) is 12.2 Å². The van der Waals surface area contributed by atoms with Crippen LogP contribution in [0.3, 0.4) is 0 Å². The Hall–Kier alpha value is -1.18. The standard InChI is InChI=1S/C20H22N2O2S2.Na/c1-14(2)15-5-7-16(8-6-15)18-13-26-20(21-18)22(10-9-19(23)24)12-17-4-3-11-25-17;/h3-8,11,13-14H,9-10,12H2,1-2H3,(H,23,24);/q;+1/p-1. The Morgan fingerprint density at radius 1 is 1.19 bits per heavy atom. The first-order valence-electron chi connectivity index (χ1n) is 8.56. The number of nitrogens with zero attached hydrogens (tertiary/aromatic N) is 2. The molecule has 0 saturated heterocycles. The van der Waals surface area contributed by atoms with Gasteiger partial charge in [0, 0.05) is 34.8 Å². The zero-order chi connectivity index (χ0) is 18.5. The number of thiophene rings is 1. The van der Waals surface area contributed by atoms with Crippen molar-refractivity contribution in [1.29, 1.82) is 0 Å². The number of hydrogen-bond acceptors (Lipinski definition) is 6. The number of rotatable bonds is 8. The molecule has 0 N–H and O–H groups in total. The Labute approximate surface area is 190 Å². The van der Waals surface area contributed by atoms with Crippen LogP contribution in [0.2, 0.25) is 0 Å². The van der Waals surface area contributed by atoms with Crippen molar-refractivity contribution in [3.8, 4) is 11.3 Å². The molecule has 0 saturated carbocycles. The van der Waals surface area contributed by atoms with Crippen molar-refractivity contribution in [3.63, 3.8) is 0 Å². The van der Waals surface area contributed by atoms with Crippen LogP contribution in [0.4, 0.5) is 5.13 Å². The third kappa shape index (κ3) is 6.16. The summed E-state index contributed by atoms with van der Waals surface area (Å²) in [6.07, 6.45) is -0.0105. The predicted molar refractivity (Wildman–Crippen MR) is 107 cm³/mol. The van der Waals surface area contributed by atoms with E-state index < -0.39 is 5.97 Å². The normalized spacial score (nSPS) is 10.6. The molecule has 0 radical (unpaired) electrons. The first-order chi connectivity index (χ1) is 12.5. The summed E-state index contributed by atoms with van der Waals surface area (Å²) >= 11 is 3.20. The minimum atomic E-state index is -1.04. The van der Waals surface area contributed by atoms with E-state index in [0.717, 1.165) is 16.4 Å². The van der Waals surface area contributed by atoms with E-state index in [1.807, 2.05) is 21.7 Å². The molecule has 2 aromatic heterocycles. The number of hydrogen-bond donors (Lipinski definition) is 0. The molecule has 7 heteroatoms. The molecular formula is C20H21N2NaO2S2. The molecule has 0 amide bonds. The molecule has 0 aliphatic heterocycles. The largest absolute Gasteiger partial charge is 1.00 e. The van der Waals surface area contributed by atoms with Crippen molar-refractivity contribution in [2.75, 3.05) is 11.4 Å². The molecule has 2 heterocycles. The molecule has 0 aliphatic carbocycles. The van der Waals surface area contributed by atoms with Gasteiger partial charge in [-0.2, -0.15) is 0 Å². The number of carboxylic acid groups (broad SMARTS) is 1. The monoisotopic (exact) mass is 408 g/mol. The van der Waals surface area contributed by atoms with Gasteiger partial charge in [0.2, 0.25) is 0 Å². The Bertz CT molecular complexity index is 845. The summed E-state index contributed by atoms with van der Waals surface area (Å²) in [5.74, 6) is -0.539. The number of anilines is 1. The molecule has 0 spiro atoms. The fraction of sp³-hybridized carbons (Fsp3) is 0.300. The number of carboxylic acids is 1. The number of thiazole rings is 1. The van der Waals surface area contributed by atoms with Crippen molar-refractivity contribution in [3.05, 3.63) is 57.6 Å². The van der Waals surface area contributed by atoms with E-state index in [1.54, 1.807) is 22.7 Å². The van der Waals surface area contributed by atoms with Crippen LogP contribution in [0.25, 0.3) is 11.3 Å². The molecule has 0 unspecified atom stereocenters. The van der Waals surface area contributed by atoms with Gasteiger partial charge in [-0.05, 0) is 22.9 Å². The summed E-state index contributed by atoms with van der Waals surface area (Å²) < 4.78 is 0. The summed E-state index contributed by atoms with van der Waals surface area (Å²) in [6, 6.07) is 12.5. The molecule has 3 rings (SSSR count). The average Bonchev–Trinajstić information content (AvgIpc) is 3.30. The SMILES string of the molecule is CC(C)c1ccc(-c2csc(N(CCC(=O)[O-])Cc3cccs3)n2)cc1.[Na+]. The number of carbonyl (C=O) groups excluding carboxylic acids is 1. The van der Waals surface area contributed by atoms with Crippen LogP contribution < -0.4 is 39.6 Å². The van der Waals surface area contributed by atoms with E-state index in [9.17, 15) is 9.90 Å². The molecule has 136 valence electrons. The molecule has 0 atom stereocenters. The second-order valence-corrected chi connectivity index (χ2v) is 8.28. The van der Waals surface area contributed by atoms with Crippen molar-refractivity contribution < 1.29 is 39.5 Å². The molecule has 0 aliphatic rings. The van der Waals surface area contributed by atoms with Crippen LogP contribution >= 0.6 is 22.7 Å². The minimum Gasteiger partial charge on any atom is -0.550 e. The van der Waals surface area contributed by atoms with Gasteiger partial charge in [0.1, 0.15) is 0 Å². The Balaban J connectivity index is 0.00000261. The molecule has 4 nitrogen and oxygen atoms in total. The fourth-order valence-electron chi connectivity index (χ4n) is 2.64. The number of aromatic nitrogens is 1. The molecule has 27 heavy (non-hydrogen) atoms. The maximum Gasteiger partial charge on any atom is 1.00 e. The molecule has 3 aromatic rings. The van der Waals surface area contributed by atoms with Crippen molar-refractivity contribution in [1.82, 2.24) is 4.98 Å². The summed E-state index contributed by atoms with van der Waals surface area (Å²) in [5.41, 5.74) is 3.30. The van der Waals surface area contributed by atoms with Gasteiger partial charge >= 0.3 is 29.6 Å². The van der Waals surface area contributed by atoms with Gasteiger partial charge in [0.15, 0.2) is 5.13 Å². The first-order valence-corrected chi connectivity index (χ1v) is 10.3. The van der Waals surface area contributed by atoms with E-state index in [2.05, 4.69) is 44.2 Å². The second kappa shape index (κ2) is 10.4. The Morgan fingerprint density at radius 2 is 1.93 bits per heavy atom. The van der Waals surface area contributed by atoms with Gasteiger partial charge in [-0.1, -0.05) is 44.2 Å². The summed E-state index contributed by atoms with van der Waals surface area (Å²) in [5, 5.41) is 15.8. The summed E-state index contributed by atoms with van der Waals surface area (Å²) in [7, 11) is 0. The topological polar surface area (TPSA) is 56.3 Å². The van der Waals surface area contributed by atoms with E-state index in [4.69, 9.17) is 4.98 Å². The Morgan fingerprint density at radius 3 is 2.52 bits per heavy atom. The minimum absolute atomic E-state index is 0. The van der Waals surface area contributed by atoms with Gasteiger partial charge in [-0.15, -0.1) is 22.7 Å². The zero-order valence-corrected chi connectivity index (χ0v) is 19.5. The van der Waals surface area contributed by atoms with Gasteiger partial charge in [-0.25, -0.2) is 4.98 Å². The summed E-state index contributed by atoms with van der Waals surface area (Å²) in [6.45, 7) is 5.40. The van der Waals surface area contributed by atoms with Crippen molar-refractivity contribution in [2.24, 2.45) is 0 Å². The Kier molecular flexibility index (Phi) is 8.51. The van der Waals surface area contributed by atoms with Gasteiger partial charge < -0.3 is 14.8 Å². The molecular weight excluding hydrogens is 387 g/mol. The first kappa shape index (κ1) is 22.1. The summed E-state index contributed by atoms with van der Waals surface area (Å²) in [4.78, 5) is 18.8. The van der Waals surface area contributed by atoms with Crippen LogP contribution in [0, 0.1) is 0 Å². The second-order valence-electron chi connectivity index (χ2n) is 6.41. The van der Waals surface area contributed by atoms with E-state index >= 15 is 0 Å². The maximum atomic E-state index is 10.9. The van der Waals surface area contributed by atoms with E-state index in [0.29, 0.717) is 19.0 Å². The van der Waals surface area contributed by atoms with Crippen LogP contribution in [0.1, 0.15) is 36.6 Å². The smallest absolute Gasteiger partial charge is 0.550 e. The quantitative estimate of drug-likeness (QED) is 0.525. The van der Waals surface area contributed by atoms with Crippen molar-refractivity contribution >= 4 is 33.8 Å². The van der Waals surface area contributed by atoms with Gasteiger partial charge in [0.25, 0.3) is 0 Å². The van der Waals surface area contributed by atoms with E-state index in [-0.39, 0.29) is 36.0 Å². The average molecular weight is 409 g/mol. The maximum absolute atomic E-state index is 10.9. The van der Waals surface area contributed by atoms with Crippen LogP contribution in [0.15, 0.2) is 47.2 Å². The molecule has 0 fully saturated rings. The van der Waals surface area contributed by atoms with Gasteiger partial charge in [-0.3, -0.25) is 0 Å². The third-order valence-corrected chi connectivity index (χ3v) is 5.91. The van der Waals surface area contributed by atoms with Crippen LogP contribution in [-0.4, -0.2) is 17.5 Å². The number of carbonyl (C=O) groups is 1.